The van der Waals surface area contributed by atoms with Crippen molar-refractivity contribution >= 4 is 29.2 Å². The fourth-order valence-corrected chi connectivity index (χ4v) is 6.82. The zero-order valence-electron chi connectivity index (χ0n) is 23.6. The number of hydrogen-bond donors (Lipinski definition) is 3. The van der Waals surface area contributed by atoms with Crippen LogP contribution in [0, 0.1) is 17.0 Å². The largest absolute Gasteiger partial charge is 0.417 e. The van der Waals surface area contributed by atoms with Gasteiger partial charge in [0.25, 0.3) is 0 Å². The van der Waals surface area contributed by atoms with E-state index in [0.29, 0.717) is 31.5 Å². The molecule has 0 aliphatic carbocycles. The third-order valence-electron chi connectivity index (χ3n) is 7.40. The number of ether oxygens (including phenoxy) is 1. The molecule has 2 aliphatic rings. The van der Waals surface area contributed by atoms with Gasteiger partial charge in [-0.15, -0.1) is 11.8 Å². The minimum absolute atomic E-state index is 0.0107. The molecule has 0 aromatic heterocycles. The number of benzene rings is 2. The molecule has 7 nitrogen and oxygen atoms in total. The van der Waals surface area contributed by atoms with Crippen molar-refractivity contribution in [3.8, 4) is 11.1 Å². The molecule has 2 heterocycles. The van der Waals surface area contributed by atoms with E-state index in [0.717, 1.165) is 30.0 Å². The zero-order valence-corrected chi connectivity index (χ0v) is 24.4. The average molecular weight is 612 g/mol. The smallest absolute Gasteiger partial charge is 0.383 e. The number of piperazine rings is 1. The summed E-state index contributed by atoms with van der Waals surface area (Å²) < 4.78 is 78.0. The van der Waals surface area contributed by atoms with E-state index in [1.807, 2.05) is 13.8 Å². The molecule has 13 heteroatoms. The van der Waals surface area contributed by atoms with Gasteiger partial charge in [0.1, 0.15) is 17.5 Å². The minimum Gasteiger partial charge on any atom is -0.383 e. The van der Waals surface area contributed by atoms with Crippen molar-refractivity contribution in [2.45, 2.75) is 43.0 Å². The summed E-state index contributed by atoms with van der Waals surface area (Å²) in [6, 6.07) is 2.55. The van der Waals surface area contributed by atoms with Crippen molar-refractivity contribution in [1.29, 1.82) is 5.41 Å². The molecule has 2 aromatic rings. The van der Waals surface area contributed by atoms with Crippen LogP contribution in [0.15, 0.2) is 41.8 Å². The Bertz CT molecular complexity index is 1340. The van der Waals surface area contributed by atoms with E-state index in [2.05, 4.69) is 17.2 Å². The zero-order chi connectivity index (χ0) is 30.8. The van der Waals surface area contributed by atoms with Crippen LogP contribution in [0.3, 0.4) is 0 Å². The first-order chi connectivity index (χ1) is 19.9. The number of halogens is 5. The molecule has 0 radical (unpaired) electrons. The van der Waals surface area contributed by atoms with Gasteiger partial charge in [0.15, 0.2) is 0 Å². The second kappa shape index (κ2) is 13.0. The van der Waals surface area contributed by atoms with Gasteiger partial charge in [-0.3, -0.25) is 10.2 Å². The van der Waals surface area contributed by atoms with Crippen LogP contribution in [0.4, 0.5) is 27.6 Å². The molecule has 0 saturated carbocycles. The predicted octanol–water partition coefficient (Wildman–Crippen LogP) is 5.21. The lowest BCUT2D eigenvalue weighted by molar-refractivity contribution is -0.137. The number of amidine groups is 1. The molecule has 0 spiro atoms. The monoisotopic (exact) mass is 611 g/mol. The minimum atomic E-state index is -4.90. The van der Waals surface area contributed by atoms with Crippen LogP contribution in [-0.4, -0.2) is 85.3 Å². The van der Waals surface area contributed by atoms with Crippen LogP contribution >= 0.6 is 11.8 Å². The maximum atomic E-state index is 15.1. The number of alkyl halides is 3. The van der Waals surface area contributed by atoms with Crippen LogP contribution < -0.4 is 10.6 Å². The van der Waals surface area contributed by atoms with E-state index in [1.165, 1.54) is 6.08 Å². The van der Waals surface area contributed by atoms with Crippen LogP contribution in [0.25, 0.3) is 11.1 Å². The number of carbonyl (C=O) groups excluding carboxylic acids is 1. The summed E-state index contributed by atoms with van der Waals surface area (Å²) in [6.45, 7) is 8.89. The molecule has 42 heavy (non-hydrogen) atoms. The standard InChI is InChI=1S/C29H34F5N5O2S/c1-5-24(40)39-16(2)13-38(14-17(39)3)28(35)21-11-22(29(32,33)34)25(20-7-6-18(30)10-23(20)31)27-26(21)37-12-19(15-42-27)36-8-9-41-4/h5-7,10-11,16-17,19,35-37H,1,8-9,12-15H2,2-4H3/t16-,17?,19?/m0/s1. The Balaban J connectivity index is 1.85. The van der Waals surface area contributed by atoms with E-state index < -0.39 is 28.9 Å². The Labute approximate surface area is 246 Å². The molecule has 0 bridgehead atoms. The van der Waals surface area contributed by atoms with E-state index in [-0.39, 0.29) is 64.7 Å². The topological polar surface area (TPSA) is 80.7 Å². The first-order valence-electron chi connectivity index (χ1n) is 13.5. The van der Waals surface area contributed by atoms with Crippen LogP contribution in [0.2, 0.25) is 0 Å². The maximum Gasteiger partial charge on any atom is 0.417 e. The number of thioether (sulfide) groups is 1. The molecule has 228 valence electrons. The molecular formula is C29H34F5N5O2S. The van der Waals surface area contributed by atoms with Crippen molar-refractivity contribution in [2.24, 2.45) is 0 Å². The Morgan fingerprint density at radius 1 is 1.24 bits per heavy atom. The number of hydrogen-bond acceptors (Lipinski definition) is 6. The van der Waals surface area contributed by atoms with Gasteiger partial charge in [-0.2, -0.15) is 13.2 Å². The first kappa shape index (κ1) is 31.8. The summed E-state index contributed by atoms with van der Waals surface area (Å²) in [5.41, 5.74) is -1.61. The lowest BCUT2D eigenvalue weighted by Crippen LogP contribution is -2.59. The van der Waals surface area contributed by atoms with Crippen molar-refractivity contribution < 1.29 is 31.5 Å². The third kappa shape index (κ3) is 6.57. The number of rotatable bonds is 7. The molecule has 3 atom stereocenters. The highest BCUT2D eigenvalue weighted by Gasteiger charge is 2.40. The fourth-order valence-electron chi connectivity index (χ4n) is 5.53. The molecule has 1 saturated heterocycles. The summed E-state index contributed by atoms with van der Waals surface area (Å²) in [4.78, 5) is 15.8. The normalized spacial score (nSPS) is 20.9. The summed E-state index contributed by atoms with van der Waals surface area (Å²) in [6.07, 6.45) is -3.69. The number of nitrogens with zero attached hydrogens (tertiary/aromatic N) is 2. The molecule has 4 rings (SSSR count). The Hall–Kier alpha value is -3.16. The van der Waals surface area contributed by atoms with Gasteiger partial charge in [-0.1, -0.05) is 6.58 Å². The summed E-state index contributed by atoms with van der Waals surface area (Å²) >= 11 is 1.12. The number of anilines is 1. The maximum absolute atomic E-state index is 15.1. The van der Waals surface area contributed by atoms with Crippen molar-refractivity contribution in [3.63, 3.8) is 0 Å². The van der Waals surface area contributed by atoms with Crippen LogP contribution in [0.5, 0.6) is 0 Å². The number of amides is 1. The van der Waals surface area contributed by atoms with Gasteiger partial charge < -0.3 is 25.2 Å². The molecule has 1 fully saturated rings. The summed E-state index contributed by atoms with van der Waals surface area (Å²) in [7, 11) is 1.56. The molecule has 1 amide bonds. The van der Waals surface area contributed by atoms with Crippen molar-refractivity contribution in [3.05, 3.63) is 59.7 Å². The molecule has 2 aliphatic heterocycles. The highest BCUT2D eigenvalue weighted by Crippen LogP contribution is 2.49. The summed E-state index contributed by atoms with van der Waals surface area (Å²) in [5, 5.41) is 15.6. The van der Waals surface area contributed by atoms with E-state index in [9.17, 15) is 22.4 Å². The molecule has 3 N–H and O–H groups in total. The van der Waals surface area contributed by atoms with Crippen LogP contribution in [0.1, 0.15) is 25.0 Å². The van der Waals surface area contributed by atoms with Crippen molar-refractivity contribution in [1.82, 2.24) is 15.1 Å². The Kier molecular flexibility index (Phi) is 9.84. The number of fused-ring (bicyclic) bond motifs is 1. The number of carbonyl (C=O) groups is 1. The first-order valence-corrected chi connectivity index (χ1v) is 14.5. The quantitative estimate of drug-likeness (QED) is 0.131. The summed E-state index contributed by atoms with van der Waals surface area (Å²) in [5.74, 6) is -2.07. The molecule has 2 aromatic carbocycles. The number of methoxy groups -OCH3 is 1. The molecule has 2 unspecified atom stereocenters. The second-order valence-corrected chi connectivity index (χ2v) is 11.4. The highest BCUT2D eigenvalue weighted by atomic mass is 32.2. The fraction of sp³-hybridized carbons (Fsp3) is 0.448. The predicted molar refractivity (Wildman–Crippen MR) is 154 cm³/mol. The van der Waals surface area contributed by atoms with Gasteiger partial charge in [0, 0.05) is 84.8 Å². The highest BCUT2D eigenvalue weighted by molar-refractivity contribution is 7.99. The number of nitrogens with one attached hydrogen (secondary N) is 3. The lowest BCUT2D eigenvalue weighted by atomic mass is 9.93. The lowest BCUT2D eigenvalue weighted by Gasteiger charge is -2.45. The van der Waals surface area contributed by atoms with Crippen LogP contribution in [-0.2, 0) is 15.7 Å². The average Bonchev–Trinajstić information content (AvgIpc) is 3.14. The Morgan fingerprint density at radius 2 is 1.93 bits per heavy atom. The van der Waals surface area contributed by atoms with Gasteiger partial charge in [-0.25, -0.2) is 8.78 Å². The third-order valence-corrected chi connectivity index (χ3v) is 8.67. The Morgan fingerprint density at radius 3 is 2.52 bits per heavy atom. The molecular weight excluding hydrogens is 577 g/mol. The van der Waals surface area contributed by atoms with Gasteiger partial charge in [0.2, 0.25) is 5.91 Å². The van der Waals surface area contributed by atoms with Gasteiger partial charge in [-0.05, 0) is 38.1 Å². The SMILES string of the molecule is C=CC(=O)N1C(C)CN(C(=N)c2cc(C(F)(F)F)c(-c3ccc(F)cc3F)c3c2NCC(NCCOC)CS3)C[C@@H]1C. The van der Waals surface area contributed by atoms with Gasteiger partial charge in [0.05, 0.1) is 17.9 Å². The van der Waals surface area contributed by atoms with Gasteiger partial charge >= 0.3 is 6.18 Å². The van der Waals surface area contributed by atoms with Crippen molar-refractivity contribution in [2.75, 3.05) is 51.0 Å². The second-order valence-electron chi connectivity index (χ2n) is 10.4. The van der Waals surface area contributed by atoms with E-state index in [4.69, 9.17) is 10.1 Å². The van der Waals surface area contributed by atoms with E-state index >= 15 is 4.39 Å². The van der Waals surface area contributed by atoms with E-state index in [1.54, 1.807) is 16.9 Å².